The maximum absolute atomic E-state index is 13.4. The molecule has 0 radical (unpaired) electrons. The Morgan fingerprint density at radius 2 is 1.97 bits per heavy atom. The van der Waals surface area contributed by atoms with Crippen LogP contribution in [-0.4, -0.2) is 45.6 Å². The fourth-order valence-corrected chi connectivity index (χ4v) is 3.83. The summed E-state index contributed by atoms with van der Waals surface area (Å²) < 4.78 is 70.7. The zero-order chi connectivity index (χ0) is 21.7. The average Bonchev–Trinajstić information content (AvgIpc) is 3.24. The van der Waals surface area contributed by atoms with Crippen LogP contribution in [0.4, 0.5) is 26.7 Å². The standard InChI is InChI=1S/C18H20F5N5O2/c19-17(20)5-3-9(4-6-17)13(24)15-27-14-11(30-15)2-1-10(25-14)7-28-8-12(18(21,22)23)26-16(28)29/h1-2,9,12-13H,3-8,24H2,(H,26,29)/t12-,13-/m0/s1. The van der Waals surface area contributed by atoms with Crippen LogP contribution in [0.3, 0.4) is 0 Å². The molecule has 1 aliphatic heterocycles. The smallest absolute Gasteiger partial charge is 0.410 e. The number of carbonyl (C=O) groups excluding carboxylic acids is 1. The summed E-state index contributed by atoms with van der Waals surface area (Å²) in [6, 6.07) is -0.330. The number of carbonyl (C=O) groups is 1. The van der Waals surface area contributed by atoms with Crippen LogP contribution in [0.2, 0.25) is 0 Å². The minimum Gasteiger partial charge on any atom is -0.437 e. The minimum atomic E-state index is -4.53. The number of amides is 2. The Balaban J connectivity index is 1.46. The summed E-state index contributed by atoms with van der Waals surface area (Å²) in [6.07, 6.45) is -4.47. The SMILES string of the molecule is N[C@H](c1nc2nc(CN3C[C@@H](C(F)(F)F)NC3=O)ccc2o1)C1CCC(F)(F)CC1. The lowest BCUT2D eigenvalue weighted by atomic mass is 9.82. The third kappa shape index (κ3) is 4.18. The van der Waals surface area contributed by atoms with E-state index in [1.807, 2.05) is 5.32 Å². The number of nitrogens with one attached hydrogen (secondary N) is 1. The number of halogens is 5. The highest BCUT2D eigenvalue weighted by atomic mass is 19.4. The lowest BCUT2D eigenvalue weighted by molar-refractivity contribution is -0.149. The van der Waals surface area contributed by atoms with Gasteiger partial charge in [-0.25, -0.2) is 18.6 Å². The minimum absolute atomic E-state index is 0.125. The van der Waals surface area contributed by atoms with Gasteiger partial charge in [0.2, 0.25) is 11.8 Å². The summed E-state index contributed by atoms with van der Waals surface area (Å²) >= 11 is 0. The van der Waals surface area contributed by atoms with Gasteiger partial charge < -0.3 is 20.4 Å². The van der Waals surface area contributed by atoms with Gasteiger partial charge in [0.15, 0.2) is 11.2 Å². The summed E-state index contributed by atoms with van der Waals surface area (Å²) in [5.41, 5.74) is 7.03. The molecule has 4 rings (SSSR count). The van der Waals surface area contributed by atoms with Crippen LogP contribution in [0.15, 0.2) is 16.5 Å². The van der Waals surface area contributed by atoms with Gasteiger partial charge in [0.05, 0.1) is 24.8 Å². The van der Waals surface area contributed by atoms with E-state index in [1.54, 1.807) is 6.07 Å². The van der Waals surface area contributed by atoms with E-state index in [0.29, 0.717) is 11.3 Å². The van der Waals surface area contributed by atoms with Crippen LogP contribution in [0, 0.1) is 5.92 Å². The highest BCUT2D eigenvalue weighted by molar-refractivity contribution is 5.77. The number of rotatable bonds is 4. The summed E-state index contributed by atoms with van der Waals surface area (Å²) in [7, 11) is 0. The molecule has 0 bridgehead atoms. The monoisotopic (exact) mass is 433 g/mol. The number of nitrogens with zero attached hydrogens (tertiary/aromatic N) is 3. The largest absolute Gasteiger partial charge is 0.437 e. The van der Waals surface area contributed by atoms with Crippen molar-refractivity contribution >= 4 is 17.3 Å². The molecule has 1 saturated carbocycles. The molecular weight excluding hydrogens is 413 g/mol. The molecule has 1 saturated heterocycles. The normalized spacial score (nSPS) is 23.7. The third-order valence-corrected chi connectivity index (χ3v) is 5.62. The molecule has 12 heteroatoms. The van der Waals surface area contributed by atoms with Crippen molar-refractivity contribution in [1.29, 1.82) is 0 Å². The molecule has 30 heavy (non-hydrogen) atoms. The highest BCUT2D eigenvalue weighted by Crippen LogP contribution is 2.40. The van der Waals surface area contributed by atoms with Gasteiger partial charge in [-0.2, -0.15) is 18.2 Å². The molecule has 7 nitrogen and oxygen atoms in total. The van der Waals surface area contributed by atoms with E-state index < -0.39 is 36.8 Å². The summed E-state index contributed by atoms with van der Waals surface area (Å²) in [4.78, 5) is 21.3. The molecule has 2 amide bonds. The first kappa shape index (κ1) is 20.8. The number of aromatic nitrogens is 2. The number of fused-ring (bicyclic) bond motifs is 1. The number of hydrogen-bond acceptors (Lipinski definition) is 5. The Morgan fingerprint density at radius 1 is 1.27 bits per heavy atom. The number of urea groups is 1. The number of oxazole rings is 1. The van der Waals surface area contributed by atoms with Gasteiger partial charge in [0.25, 0.3) is 0 Å². The van der Waals surface area contributed by atoms with E-state index >= 15 is 0 Å². The molecule has 2 aromatic rings. The van der Waals surface area contributed by atoms with E-state index in [0.717, 1.165) is 4.90 Å². The first-order chi connectivity index (χ1) is 14.0. The van der Waals surface area contributed by atoms with Crippen molar-refractivity contribution < 1.29 is 31.2 Å². The lowest BCUT2D eigenvalue weighted by Gasteiger charge is -2.30. The predicted molar refractivity (Wildman–Crippen MR) is 94.4 cm³/mol. The Hall–Kier alpha value is -2.50. The van der Waals surface area contributed by atoms with E-state index in [1.165, 1.54) is 6.07 Å². The van der Waals surface area contributed by atoms with Gasteiger partial charge in [-0.1, -0.05) is 0 Å². The first-order valence-corrected chi connectivity index (χ1v) is 9.54. The quantitative estimate of drug-likeness (QED) is 0.720. The van der Waals surface area contributed by atoms with Gasteiger partial charge in [-0.05, 0) is 30.9 Å². The molecule has 2 aliphatic rings. The molecule has 164 valence electrons. The molecule has 2 aromatic heterocycles. The van der Waals surface area contributed by atoms with Crippen molar-refractivity contribution in [2.75, 3.05) is 6.54 Å². The van der Waals surface area contributed by atoms with Gasteiger partial charge in [-0.15, -0.1) is 0 Å². The maximum Gasteiger partial charge on any atom is 0.410 e. The fraction of sp³-hybridized carbons (Fsp3) is 0.611. The third-order valence-electron chi connectivity index (χ3n) is 5.62. The fourth-order valence-electron chi connectivity index (χ4n) is 3.83. The second kappa shape index (κ2) is 7.33. The predicted octanol–water partition coefficient (Wildman–Crippen LogP) is 3.50. The van der Waals surface area contributed by atoms with Crippen molar-refractivity contribution in [3.05, 3.63) is 23.7 Å². The van der Waals surface area contributed by atoms with Crippen molar-refractivity contribution in [1.82, 2.24) is 20.2 Å². The van der Waals surface area contributed by atoms with Gasteiger partial charge >= 0.3 is 12.2 Å². The second-order valence-electron chi connectivity index (χ2n) is 7.82. The van der Waals surface area contributed by atoms with Crippen LogP contribution in [0.25, 0.3) is 11.2 Å². The summed E-state index contributed by atoms with van der Waals surface area (Å²) in [5.74, 6) is -2.67. The topological polar surface area (TPSA) is 97.3 Å². The van der Waals surface area contributed by atoms with Crippen LogP contribution in [0.5, 0.6) is 0 Å². The van der Waals surface area contributed by atoms with E-state index in [2.05, 4.69) is 9.97 Å². The van der Waals surface area contributed by atoms with E-state index in [9.17, 15) is 26.7 Å². The van der Waals surface area contributed by atoms with Crippen molar-refractivity contribution in [2.45, 2.75) is 56.4 Å². The van der Waals surface area contributed by atoms with Crippen LogP contribution in [-0.2, 0) is 6.54 Å². The van der Waals surface area contributed by atoms with Crippen LogP contribution in [0.1, 0.15) is 43.3 Å². The second-order valence-corrected chi connectivity index (χ2v) is 7.82. The Kier molecular flexibility index (Phi) is 5.07. The number of hydrogen-bond donors (Lipinski definition) is 2. The molecule has 0 spiro atoms. The molecule has 2 atom stereocenters. The van der Waals surface area contributed by atoms with Crippen LogP contribution >= 0.6 is 0 Å². The summed E-state index contributed by atoms with van der Waals surface area (Å²) in [5, 5.41) is 1.89. The van der Waals surface area contributed by atoms with Gasteiger partial charge in [0.1, 0.15) is 6.04 Å². The molecule has 3 N–H and O–H groups in total. The first-order valence-electron chi connectivity index (χ1n) is 9.54. The number of nitrogens with two attached hydrogens (primary N) is 1. The molecule has 0 aromatic carbocycles. The number of pyridine rings is 1. The van der Waals surface area contributed by atoms with Crippen molar-refractivity contribution in [2.24, 2.45) is 11.7 Å². The molecule has 2 fully saturated rings. The average molecular weight is 433 g/mol. The van der Waals surface area contributed by atoms with Gasteiger partial charge in [0, 0.05) is 12.8 Å². The Bertz CT molecular complexity index is 937. The van der Waals surface area contributed by atoms with Crippen molar-refractivity contribution in [3.63, 3.8) is 0 Å². The Labute approximate surface area is 167 Å². The van der Waals surface area contributed by atoms with Gasteiger partial charge in [-0.3, -0.25) is 0 Å². The highest BCUT2D eigenvalue weighted by Gasteiger charge is 2.46. The molecule has 0 unspecified atom stereocenters. The molecule has 1 aliphatic carbocycles. The summed E-state index contributed by atoms with van der Waals surface area (Å²) in [6.45, 7) is -0.635. The molecule has 3 heterocycles. The zero-order valence-electron chi connectivity index (χ0n) is 15.8. The zero-order valence-corrected chi connectivity index (χ0v) is 15.8. The van der Waals surface area contributed by atoms with E-state index in [-0.39, 0.29) is 49.7 Å². The van der Waals surface area contributed by atoms with Crippen LogP contribution < -0.4 is 11.1 Å². The maximum atomic E-state index is 13.4. The van der Waals surface area contributed by atoms with Crippen molar-refractivity contribution in [3.8, 4) is 0 Å². The number of alkyl halides is 5. The van der Waals surface area contributed by atoms with E-state index in [4.69, 9.17) is 10.2 Å². The lowest BCUT2D eigenvalue weighted by Crippen LogP contribution is -2.40. The molecular formula is C18H20F5N5O2. The Morgan fingerprint density at radius 3 is 2.60 bits per heavy atom.